The molecule has 0 aromatic heterocycles. The van der Waals surface area contributed by atoms with Crippen LogP contribution < -0.4 is 0 Å². The Kier molecular flexibility index (Phi) is 3.51. The van der Waals surface area contributed by atoms with E-state index in [1.54, 1.807) is 0 Å². The van der Waals surface area contributed by atoms with Gasteiger partial charge < -0.3 is 0 Å². The van der Waals surface area contributed by atoms with Crippen LogP contribution in [-0.4, -0.2) is 30.2 Å². The second-order valence-electron chi connectivity index (χ2n) is 4.24. The van der Waals surface area contributed by atoms with Gasteiger partial charge in [0.25, 0.3) is 0 Å². The highest BCUT2D eigenvalue weighted by molar-refractivity contribution is 4.85. The first kappa shape index (κ1) is 9.97. The summed E-state index contributed by atoms with van der Waals surface area (Å²) in [4.78, 5) is 2.27. The first-order valence-corrected chi connectivity index (χ1v) is 5.01. The molecule has 1 fully saturated rings. The molecule has 72 valence electrons. The predicted molar refractivity (Wildman–Crippen MR) is 50.0 cm³/mol. The van der Waals surface area contributed by atoms with Gasteiger partial charge in [-0.1, -0.05) is 20.8 Å². The quantitative estimate of drug-likeness (QED) is 0.631. The van der Waals surface area contributed by atoms with Crippen LogP contribution in [0, 0.1) is 5.92 Å². The maximum absolute atomic E-state index is 12.6. The Morgan fingerprint density at radius 1 is 1.42 bits per heavy atom. The summed E-state index contributed by atoms with van der Waals surface area (Å²) in [5, 5.41) is 0. The summed E-state index contributed by atoms with van der Waals surface area (Å²) in [5.74, 6) is 0.730. The minimum atomic E-state index is -0.550. The molecule has 1 heterocycles. The van der Waals surface area contributed by atoms with Crippen molar-refractivity contribution in [3.05, 3.63) is 0 Å². The summed E-state index contributed by atoms with van der Waals surface area (Å²) in [6.07, 6.45) is 1.82. The fraction of sp³-hybridized carbons (Fsp3) is 1.00. The van der Waals surface area contributed by atoms with Gasteiger partial charge in [-0.15, -0.1) is 0 Å². The first-order chi connectivity index (χ1) is 5.63. The number of rotatable bonds is 4. The molecule has 0 spiro atoms. The molecule has 1 unspecified atom stereocenters. The fourth-order valence-corrected chi connectivity index (χ4v) is 1.87. The van der Waals surface area contributed by atoms with Crippen LogP contribution in [0.5, 0.6) is 0 Å². The summed E-state index contributed by atoms with van der Waals surface area (Å²) in [5.41, 5.74) is 0. The average molecular weight is 173 g/mol. The molecule has 2 heteroatoms. The lowest BCUT2D eigenvalue weighted by Crippen LogP contribution is -2.53. The highest BCUT2D eigenvalue weighted by atomic mass is 19.1. The monoisotopic (exact) mass is 173 g/mol. The van der Waals surface area contributed by atoms with Crippen molar-refractivity contribution in [3.63, 3.8) is 0 Å². The van der Waals surface area contributed by atoms with Gasteiger partial charge in [-0.3, -0.25) is 4.90 Å². The van der Waals surface area contributed by atoms with Crippen molar-refractivity contribution in [1.29, 1.82) is 0 Å². The van der Waals surface area contributed by atoms with Crippen LogP contribution in [0.1, 0.15) is 33.6 Å². The molecule has 1 aliphatic heterocycles. The number of likely N-dealkylation sites (tertiary alicyclic amines) is 1. The van der Waals surface area contributed by atoms with Gasteiger partial charge in [-0.2, -0.15) is 0 Å². The Hall–Kier alpha value is -0.110. The molecule has 0 radical (unpaired) electrons. The highest BCUT2D eigenvalue weighted by Gasteiger charge is 2.31. The van der Waals surface area contributed by atoms with Gasteiger partial charge in [-0.25, -0.2) is 4.39 Å². The van der Waals surface area contributed by atoms with E-state index in [0.717, 1.165) is 12.3 Å². The Labute approximate surface area is 74.9 Å². The smallest absolute Gasteiger partial charge is 0.125 e. The van der Waals surface area contributed by atoms with Gasteiger partial charge in [0.2, 0.25) is 0 Å². The van der Waals surface area contributed by atoms with Crippen LogP contribution in [0.2, 0.25) is 0 Å². The van der Waals surface area contributed by atoms with E-state index in [0.29, 0.717) is 19.1 Å². The molecule has 1 saturated heterocycles. The summed E-state index contributed by atoms with van der Waals surface area (Å²) in [7, 11) is 0. The van der Waals surface area contributed by atoms with Gasteiger partial charge in [0.1, 0.15) is 6.17 Å². The van der Waals surface area contributed by atoms with Crippen molar-refractivity contribution in [2.45, 2.75) is 45.8 Å². The van der Waals surface area contributed by atoms with Crippen molar-refractivity contribution in [2.24, 2.45) is 5.92 Å². The van der Waals surface area contributed by atoms with Crippen LogP contribution in [0.3, 0.4) is 0 Å². The van der Waals surface area contributed by atoms with Crippen LogP contribution in [0.25, 0.3) is 0 Å². The van der Waals surface area contributed by atoms with E-state index < -0.39 is 6.17 Å². The molecule has 0 saturated carbocycles. The molecule has 0 N–H and O–H groups in total. The minimum absolute atomic E-state index is 0.550. The third kappa shape index (κ3) is 2.44. The van der Waals surface area contributed by atoms with Crippen LogP contribution >= 0.6 is 0 Å². The third-order valence-corrected chi connectivity index (χ3v) is 2.60. The van der Waals surface area contributed by atoms with E-state index in [4.69, 9.17) is 0 Å². The van der Waals surface area contributed by atoms with Gasteiger partial charge >= 0.3 is 0 Å². The van der Waals surface area contributed by atoms with E-state index in [1.807, 2.05) is 0 Å². The topological polar surface area (TPSA) is 3.24 Å². The molecule has 1 rings (SSSR count). The molecule has 0 aromatic rings. The molecular formula is C10H20FN. The van der Waals surface area contributed by atoms with Gasteiger partial charge in [0.05, 0.1) is 0 Å². The van der Waals surface area contributed by atoms with Crippen molar-refractivity contribution >= 4 is 0 Å². The normalized spacial score (nSPS) is 22.8. The van der Waals surface area contributed by atoms with Gasteiger partial charge in [-0.05, 0) is 18.8 Å². The third-order valence-electron chi connectivity index (χ3n) is 2.60. The zero-order valence-corrected chi connectivity index (χ0v) is 8.39. The second-order valence-corrected chi connectivity index (χ2v) is 4.24. The number of hydrogen-bond donors (Lipinski definition) is 0. The summed E-state index contributed by atoms with van der Waals surface area (Å²) in [6.45, 7) is 8.00. The van der Waals surface area contributed by atoms with E-state index in [1.165, 1.54) is 6.42 Å². The van der Waals surface area contributed by atoms with Crippen molar-refractivity contribution in [3.8, 4) is 0 Å². The van der Waals surface area contributed by atoms with Crippen LogP contribution in [0.15, 0.2) is 0 Å². The molecule has 0 amide bonds. The average Bonchev–Trinajstić information content (AvgIpc) is 1.94. The maximum atomic E-state index is 12.6. The molecule has 0 aromatic carbocycles. The van der Waals surface area contributed by atoms with Crippen molar-refractivity contribution in [2.75, 3.05) is 13.1 Å². The number of halogens is 1. The summed E-state index contributed by atoms with van der Waals surface area (Å²) >= 11 is 0. The van der Waals surface area contributed by atoms with E-state index >= 15 is 0 Å². The summed E-state index contributed by atoms with van der Waals surface area (Å²) in [6, 6.07) is 0.622. The SMILES string of the molecule is CCC(CC(C)C)N1CC(F)C1. The highest BCUT2D eigenvalue weighted by Crippen LogP contribution is 2.21. The largest absolute Gasteiger partial charge is 0.295 e. The van der Waals surface area contributed by atoms with Crippen LogP contribution in [0.4, 0.5) is 4.39 Å². The molecule has 1 atom stereocenters. The molecule has 1 nitrogen and oxygen atoms in total. The zero-order valence-electron chi connectivity index (χ0n) is 8.39. The fourth-order valence-electron chi connectivity index (χ4n) is 1.87. The van der Waals surface area contributed by atoms with Crippen molar-refractivity contribution in [1.82, 2.24) is 4.90 Å². The van der Waals surface area contributed by atoms with Gasteiger partial charge in [0.15, 0.2) is 0 Å². The second kappa shape index (κ2) is 4.22. The lowest BCUT2D eigenvalue weighted by atomic mass is 9.97. The Morgan fingerprint density at radius 3 is 2.33 bits per heavy atom. The summed E-state index contributed by atoms with van der Waals surface area (Å²) < 4.78 is 12.6. The van der Waals surface area contributed by atoms with Crippen molar-refractivity contribution < 1.29 is 4.39 Å². The lowest BCUT2D eigenvalue weighted by molar-refractivity contribution is 0.0186. The number of hydrogen-bond acceptors (Lipinski definition) is 1. The molecule has 1 aliphatic rings. The maximum Gasteiger partial charge on any atom is 0.125 e. The molecule has 12 heavy (non-hydrogen) atoms. The Morgan fingerprint density at radius 2 is 2.00 bits per heavy atom. The Bertz CT molecular complexity index is 130. The van der Waals surface area contributed by atoms with E-state index in [-0.39, 0.29) is 0 Å². The lowest BCUT2D eigenvalue weighted by Gasteiger charge is -2.41. The van der Waals surface area contributed by atoms with E-state index in [2.05, 4.69) is 25.7 Å². The van der Waals surface area contributed by atoms with Gasteiger partial charge in [0, 0.05) is 19.1 Å². The number of nitrogens with zero attached hydrogens (tertiary/aromatic N) is 1. The standard InChI is InChI=1S/C10H20FN/c1-4-10(5-8(2)3)12-6-9(11)7-12/h8-10H,4-7H2,1-3H3. The first-order valence-electron chi connectivity index (χ1n) is 5.01. The molecule has 0 bridgehead atoms. The zero-order chi connectivity index (χ0) is 9.14. The molecular weight excluding hydrogens is 153 g/mol. The Balaban J connectivity index is 2.26. The van der Waals surface area contributed by atoms with Crippen LogP contribution in [-0.2, 0) is 0 Å². The number of alkyl halides is 1. The predicted octanol–water partition coefficient (Wildman–Crippen LogP) is 2.46. The minimum Gasteiger partial charge on any atom is -0.295 e. The van der Waals surface area contributed by atoms with E-state index in [9.17, 15) is 4.39 Å². The molecule has 0 aliphatic carbocycles.